The second-order valence-corrected chi connectivity index (χ2v) is 6.45. The molecule has 0 saturated heterocycles. The molecular formula is C17H28N2O2. The van der Waals surface area contributed by atoms with Gasteiger partial charge in [-0.05, 0) is 56.2 Å². The molecule has 4 nitrogen and oxygen atoms in total. The van der Waals surface area contributed by atoms with Crippen LogP contribution in [0.25, 0.3) is 0 Å². The lowest BCUT2D eigenvalue weighted by molar-refractivity contribution is -0.133. The first-order valence-corrected chi connectivity index (χ1v) is 8.13. The fourth-order valence-electron chi connectivity index (χ4n) is 2.86. The summed E-state index contributed by atoms with van der Waals surface area (Å²) in [6, 6.07) is 4.24. The van der Waals surface area contributed by atoms with Crippen LogP contribution in [0.4, 0.5) is 0 Å². The highest BCUT2D eigenvalue weighted by molar-refractivity contribution is 5.76. The van der Waals surface area contributed by atoms with E-state index in [4.69, 9.17) is 10.2 Å². The van der Waals surface area contributed by atoms with Gasteiger partial charge in [0.1, 0.15) is 5.76 Å². The number of nitrogens with zero attached hydrogens (tertiary/aromatic N) is 1. The summed E-state index contributed by atoms with van der Waals surface area (Å²) in [5.41, 5.74) is 5.67. The van der Waals surface area contributed by atoms with Crippen LogP contribution in [-0.4, -0.2) is 23.4 Å². The Labute approximate surface area is 127 Å². The Morgan fingerprint density at radius 1 is 1.43 bits per heavy atom. The Bertz CT molecular complexity index is 424. The summed E-state index contributed by atoms with van der Waals surface area (Å²) >= 11 is 0. The lowest BCUT2D eigenvalue weighted by Crippen LogP contribution is -2.33. The first-order valence-electron chi connectivity index (χ1n) is 8.13. The first kappa shape index (κ1) is 16.1. The van der Waals surface area contributed by atoms with Gasteiger partial charge in [-0.1, -0.05) is 13.8 Å². The van der Waals surface area contributed by atoms with Crippen LogP contribution in [0, 0.1) is 11.8 Å². The Hall–Kier alpha value is -1.29. The van der Waals surface area contributed by atoms with Crippen molar-refractivity contribution in [1.29, 1.82) is 0 Å². The van der Waals surface area contributed by atoms with Crippen molar-refractivity contribution in [2.75, 3.05) is 6.54 Å². The molecule has 21 heavy (non-hydrogen) atoms. The van der Waals surface area contributed by atoms with E-state index < -0.39 is 0 Å². The van der Waals surface area contributed by atoms with E-state index in [0.717, 1.165) is 31.4 Å². The number of furan rings is 1. The fraction of sp³-hybridized carbons (Fsp3) is 0.706. The number of carbonyl (C=O) groups is 1. The van der Waals surface area contributed by atoms with Crippen molar-refractivity contribution < 1.29 is 9.21 Å². The molecular weight excluding hydrogens is 264 g/mol. The number of hydrogen-bond acceptors (Lipinski definition) is 3. The molecule has 1 amide bonds. The third-order valence-electron chi connectivity index (χ3n) is 4.42. The van der Waals surface area contributed by atoms with Gasteiger partial charge in [0.15, 0.2) is 0 Å². The molecule has 1 heterocycles. The molecule has 1 fully saturated rings. The van der Waals surface area contributed by atoms with E-state index in [-0.39, 0.29) is 5.91 Å². The molecule has 1 aromatic heterocycles. The monoisotopic (exact) mass is 292 g/mol. The van der Waals surface area contributed by atoms with Gasteiger partial charge >= 0.3 is 0 Å². The van der Waals surface area contributed by atoms with E-state index in [1.54, 1.807) is 6.26 Å². The van der Waals surface area contributed by atoms with Crippen molar-refractivity contribution in [3.8, 4) is 0 Å². The molecule has 0 bridgehead atoms. The van der Waals surface area contributed by atoms with Gasteiger partial charge < -0.3 is 15.1 Å². The van der Waals surface area contributed by atoms with Gasteiger partial charge in [-0.25, -0.2) is 0 Å². The maximum absolute atomic E-state index is 12.5. The third-order valence-corrected chi connectivity index (χ3v) is 4.42. The average Bonchev–Trinajstić information content (AvgIpc) is 3.16. The maximum Gasteiger partial charge on any atom is 0.223 e. The quantitative estimate of drug-likeness (QED) is 0.760. The lowest BCUT2D eigenvalue weighted by atomic mass is 9.88. The van der Waals surface area contributed by atoms with Crippen molar-refractivity contribution in [3.05, 3.63) is 24.2 Å². The molecule has 1 saturated carbocycles. The summed E-state index contributed by atoms with van der Waals surface area (Å²) in [7, 11) is 0. The largest absolute Gasteiger partial charge is 0.467 e. The van der Waals surface area contributed by atoms with E-state index in [9.17, 15) is 4.79 Å². The van der Waals surface area contributed by atoms with Crippen molar-refractivity contribution >= 4 is 5.91 Å². The SMILES string of the molecule is CC(C)C(CCN)CCC(=O)N(Cc1ccco1)C1CC1. The molecule has 1 atom stereocenters. The van der Waals surface area contributed by atoms with Gasteiger partial charge in [0.2, 0.25) is 5.91 Å². The molecule has 1 aliphatic carbocycles. The lowest BCUT2D eigenvalue weighted by Gasteiger charge is -2.24. The summed E-state index contributed by atoms with van der Waals surface area (Å²) in [6.45, 7) is 5.74. The number of amides is 1. The molecule has 0 aromatic carbocycles. The standard InChI is InChI=1S/C17H28N2O2/c1-13(2)14(9-10-18)5-8-17(20)19(15-6-7-15)12-16-4-3-11-21-16/h3-4,11,13-15H,5-10,12,18H2,1-2H3. The Kier molecular flexibility index (Phi) is 5.85. The average molecular weight is 292 g/mol. The summed E-state index contributed by atoms with van der Waals surface area (Å²) in [6.07, 6.45) is 6.49. The highest BCUT2D eigenvalue weighted by atomic mass is 16.3. The molecule has 0 spiro atoms. The van der Waals surface area contributed by atoms with Crippen LogP contribution < -0.4 is 5.73 Å². The molecule has 0 radical (unpaired) electrons. The number of nitrogens with two attached hydrogens (primary N) is 1. The second-order valence-electron chi connectivity index (χ2n) is 6.45. The zero-order chi connectivity index (χ0) is 15.2. The summed E-state index contributed by atoms with van der Waals surface area (Å²) in [5.74, 6) is 2.26. The molecule has 118 valence electrons. The van der Waals surface area contributed by atoms with Crippen LogP contribution in [0.1, 0.15) is 51.7 Å². The summed E-state index contributed by atoms with van der Waals surface area (Å²) in [4.78, 5) is 14.5. The number of rotatable bonds is 9. The van der Waals surface area contributed by atoms with Gasteiger partial charge in [-0.2, -0.15) is 0 Å². The van der Waals surface area contributed by atoms with Gasteiger partial charge in [-0.15, -0.1) is 0 Å². The normalized spacial score (nSPS) is 16.2. The Morgan fingerprint density at radius 2 is 2.19 bits per heavy atom. The Morgan fingerprint density at radius 3 is 2.71 bits per heavy atom. The van der Waals surface area contributed by atoms with E-state index in [0.29, 0.717) is 37.4 Å². The van der Waals surface area contributed by atoms with Crippen molar-refractivity contribution in [1.82, 2.24) is 4.90 Å². The van der Waals surface area contributed by atoms with Crippen LogP contribution in [-0.2, 0) is 11.3 Å². The molecule has 4 heteroatoms. The highest BCUT2D eigenvalue weighted by Crippen LogP contribution is 2.30. The minimum Gasteiger partial charge on any atom is -0.467 e. The molecule has 1 aliphatic rings. The van der Waals surface area contributed by atoms with Crippen LogP contribution in [0.5, 0.6) is 0 Å². The third kappa shape index (κ3) is 4.88. The van der Waals surface area contributed by atoms with Gasteiger partial charge in [0.25, 0.3) is 0 Å². The maximum atomic E-state index is 12.5. The topological polar surface area (TPSA) is 59.5 Å². The Balaban J connectivity index is 1.86. The van der Waals surface area contributed by atoms with Gasteiger partial charge in [-0.3, -0.25) is 4.79 Å². The van der Waals surface area contributed by atoms with E-state index in [2.05, 4.69) is 13.8 Å². The molecule has 0 aliphatic heterocycles. The van der Waals surface area contributed by atoms with Crippen LogP contribution in [0.15, 0.2) is 22.8 Å². The zero-order valence-electron chi connectivity index (χ0n) is 13.3. The van der Waals surface area contributed by atoms with Crippen LogP contribution in [0.3, 0.4) is 0 Å². The van der Waals surface area contributed by atoms with E-state index in [1.165, 1.54) is 0 Å². The van der Waals surface area contributed by atoms with E-state index in [1.807, 2.05) is 17.0 Å². The summed E-state index contributed by atoms with van der Waals surface area (Å²) in [5, 5.41) is 0. The van der Waals surface area contributed by atoms with Crippen LogP contribution in [0.2, 0.25) is 0 Å². The predicted octanol–water partition coefficient (Wildman–Crippen LogP) is 3.17. The van der Waals surface area contributed by atoms with Crippen molar-refractivity contribution in [2.24, 2.45) is 17.6 Å². The zero-order valence-corrected chi connectivity index (χ0v) is 13.3. The van der Waals surface area contributed by atoms with Crippen molar-refractivity contribution in [2.45, 2.75) is 58.5 Å². The fourth-order valence-corrected chi connectivity index (χ4v) is 2.86. The molecule has 1 aromatic rings. The van der Waals surface area contributed by atoms with Crippen molar-refractivity contribution in [3.63, 3.8) is 0 Å². The molecule has 2 rings (SSSR count). The number of hydrogen-bond donors (Lipinski definition) is 1. The summed E-state index contributed by atoms with van der Waals surface area (Å²) < 4.78 is 5.38. The molecule has 2 N–H and O–H groups in total. The smallest absolute Gasteiger partial charge is 0.223 e. The first-order chi connectivity index (χ1) is 10.1. The second kappa shape index (κ2) is 7.64. The minimum atomic E-state index is 0.261. The minimum absolute atomic E-state index is 0.261. The van der Waals surface area contributed by atoms with Crippen LogP contribution >= 0.6 is 0 Å². The highest BCUT2D eigenvalue weighted by Gasteiger charge is 2.33. The molecule has 1 unspecified atom stereocenters. The van der Waals surface area contributed by atoms with Gasteiger partial charge in [0.05, 0.1) is 12.8 Å². The van der Waals surface area contributed by atoms with E-state index >= 15 is 0 Å². The number of carbonyl (C=O) groups excluding carboxylic acids is 1. The van der Waals surface area contributed by atoms with Gasteiger partial charge in [0, 0.05) is 12.5 Å². The predicted molar refractivity (Wildman–Crippen MR) is 83.5 cm³/mol.